The summed E-state index contributed by atoms with van der Waals surface area (Å²) in [6, 6.07) is 3.10. The van der Waals surface area contributed by atoms with E-state index in [1.165, 1.54) is 18.3 Å². The van der Waals surface area contributed by atoms with Crippen LogP contribution in [-0.2, 0) is 23.9 Å². The van der Waals surface area contributed by atoms with Crippen LogP contribution in [0.4, 0.5) is 5.69 Å². The monoisotopic (exact) mass is 304 g/mol. The Labute approximate surface area is 125 Å². The third kappa shape index (κ3) is 4.75. The number of Topliss-reactive ketones (excluding diaryl/α,β-unsaturated/α-hetero) is 1. The second-order valence-electron chi connectivity index (χ2n) is 3.87. The normalized spacial score (nSPS) is 11.5. The van der Waals surface area contributed by atoms with Gasteiger partial charge in [-0.25, -0.2) is 9.78 Å². The van der Waals surface area contributed by atoms with Crippen molar-refractivity contribution in [3.05, 3.63) is 24.0 Å². The van der Waals surface area contributed by atoms with Gasteiger partial charge in [0.1, 0.15) is 23.9 Å². The molecule has 0 radical (unpaired) electrons. The number of rotatable bonds is 6. The van der Waals surface area contributed by atoms with Crippen molar-refractivity contribution in [1.82, 2.24) is 4.98 Å². The number of ketones is 1. The lowest BCUT2D eigenvalue weighted by atomic mass is 10.1. The van der Waals surface area contributed by atoms with Crippen LogP contribution in [0.2, 0.25) is 0 Å². The van der Waals surface area contributed by atoms with Gasteiger partial charge in [0, 0.05) is 0 Å². The van der Waals surface area contributed by atoms with Gasteiger partial charge in [-0.05, 0) is 12.1 Å². The van der Waals surface area contributed by atoms with Crippen LogP contribution in [0.3, 0.4) is 0 Å². The lowest BCUT2D eigenvalue weighted by molar-refractivity contribution is -0.148. The second-order valence-corrected chi connectivity index (χ2v) is 3.87. The van der Waals surface area contributed by atoms with E-state index in [9.17, 15) is 14.4 Å². The minimum atomic E-state index is -1.57. The van der Waals surface area contributed by atoms with Gasteiger partial charge in [0.25, 0.3) is 0 Å². The third-order valence-electron chi connectivity index (χ3n) is 2.43. The van der Waals surface area contributed by atoms with Gasteiger partial charge in [0.2, 0.25) is 6.04 Å². The molecule has 0 N–H and O–H groups in total. The molecule has 1 unspecified atom stereocenters. The quantitative estimate of drug-likeness (QED) is 0.429. The van der Waals surface area contributed by atoms with Crippen molar-refractivity contribution in [1.29, 1.82) is 5.26 Å². The van der Waals surface area contributed by atoms with E-state index < -0.39 is 30.2 Å². The minimum Gasteiger partial charge on any atom is -0.469 e. The summed E-state index contributed by atoms with van der Waals surface area (Å²) < 4.78 is 8.80. The Bertz CT molecular complexity index is 633. The van der Waals surface area contributed by atoms with Crippen LogP contribution in [0.1, 0.15) is 12.1 Å². The summed E-state index contributed by atoms with van der Waals surface area (Å²) in [5.41, 5.74) is 0.420. The van der Waals surface area contributed by atoms with E-state index >= 15 is 0 Å². The number of esters is 2. The molecule has 0 aliphatic rings. The number of methoxy groups -OCH3 is 2. The molecular formula is C13H12N4O5. The van der Waals surface area contributed by atoms with Crippen molar-refractivity contribution in [2.24, 2.45) is 10.2 Å². The van der Waals surface area contributed by atoms with Crippen LogP contribution in [0.5, 0.6) is 0 Å². The van der Waals surface area contributed by atoms with Crippen molar-refractivity contribution in [2.75, 3.05) is 14.2 Å². The van der Waals surface area contributed by atoms with Gasteiger partial charge >= 0.3 is 11.9 Å². The van der Waals surface area contributed by atoms with Crippen molar-refractivity contribution < 1.29 is 23.9 Å². The number of hydrogen-bond acceptors (Lipinski definition) is 9. The number of azo groups is 1. The topological polar surface area (TPSA) is 131 Å². The Hall–Kier alpha value is -3.15. The van der Waals surface area contributed by atoms with Crippen LogP contribution in [-0.4, -0.2) is 43.0 Å². The number of carbonyl (C=O) groups excluding carboxylic acids is 3. The summed E-state index contributed by atoms with van der Waals surface area (Å²) in [6.07, 6.45) is 0.627. The van der Waals surface area contributed by atoms with E-state index in [-0.39, 0.29) is 11.4 Å². The molecule has 1 heterocycles. The van der Waals surface area contributed by atoms with E-state index in [2.05, 4.69) is 24.7 Å². The number of aromatic nitrogens is 1. The molecule has 9 heteroatoms. The van der Waals surface area contributed by atoms with E-state index in [1.54, 1.807) is 0 Å². The van der Waals surface area contributed by atoms with Crippen LogP contribution in [0.25, 0.3) is 0 Å². The molecule has 1 aromatic rings. The number of nitrogens with zero attached hydrogens (tertiary/aromatic N) is 4. The van der Waals surface area contributed by atoms with Crippen molar-refractivity contribution in [3.63, 3.8) is 0 Å². The van der Waals surface area contributed by atoms with E-state index in [4.69, 9.17) is 5.26 Å². The molecule has 1 rings (SSSR count). The maximum Gasteiger partial charge on any atom is 0.340 e. The first-order chi connectivity index (χ1) is 10.5. The van der Waals surface area contributed by atoms with Crippen molar-refractivity contribution in [3.8, 4) is 6.07 Å². The zero-order chi connectivity index (χ0) is 16.5. The van der Waals surface area contributed by atoms with Crippen LogP contribution in [0, 0.1) is 11.3 Å². The summed E-state index contributed by atoms with van der Waals surface area (Å²) in [5, 5.41) is 15.9. The van der Waals surface area contributed by atoms with Gasteiger partial charge in [-0.3, -0.25) is 9.59 Å². The SMILES string of the molecule is COC(=O)CC(=O)C(N=Nc1ccc(C#N)nc1)C(=O)OC. The molecule has 0 fully saturated rings. The van der Waals surface area contributed by atoms with Gasteiger partial charge in [-0.1, -0.05) is 0 Å². The van der Waals surface area contributed by atoms with Crippen LogP contribution < -0.4 is 0 Å². The molecule has 22 heavy (non-hydrogen) atoms. The molecule has 0 saturated heterocycles. The highest BCUT2D eigenvalue weighted by molar-refractivity contribution is 6.09. The number of pyridine rings is 1. The Morgan fingerprint density at radius 1 is 1.32 bits per heavy atom. The molecule has 0 aromatic carbocycles. The van der Waals surface area contributed by atoms with Crippen LogP contribution >= 0.6 is 0 Å². The first-order valence-electron chi connectivity index (χ1n) is 5.96. The number of nitriles is 1. The Balaban J connectivity index is 2.90. The average Bonchev–Trinajstić information content (AvgIpc) is 2.55. The smallest absolute Gasteiger partial charge is 0.340 e. The molecule has 0 saturated carbocycles. The maximum absolute atomic E-state index is 11.8. The third-order valence-corrected chi connectivity index (χ3v) is 2.43. The van der Waals surface area contributed by atoms with E-state index in [0.717, 1.165) is 14.2 Å². The standard InChI is InChI=1S/C13H12N4O5/c1-21-11(19)5-10(18)12(13(20)22-2)17-16-9-4-3-8(6-14)15-7-9/h3-4,7,12H,5H2,1-2H3. The fraction of sp³-hybridized carbons (Fsp3) is 0.308. The molecule has 0 bridgehead atoms. The summed E-state index contributed by atoms with van der Waals surface area (Å²) in [5.74, 6) is -2.54. The first-order valence-corrected chi connectivity index (χ1v) is 5.96. The summed E-state index contributed by atoms with van der Waals surface area (Å²) >= 11 is 0. The lowest BCUT2D eigenvalue weighted by Gasteiger charge is -2.07. The number of hydrogen-bond donors (Lipinski definition) is 0. The van der Waals surface area contributed by atoms with Gasteiger partial charge < -0.3 is 9.47 Å². The van der Waals surface area contributed by atoms with Crippen molar-refractivity contribution >= 4 is 23.4 Å². The van der Waals surface area contributed by atoms with Crippen molar-refractivity contribution in [2.45, 2.75) is 12.5 Å². The number of ether oxygens (including phenoxy) is 2. The molecular weight excluding hydrogens is 292 g/mol. The maximum atomic E-state index is 11.8. The summed E-state index contributed by atoms with van der Waals surface area (Å²) in [4.78, 5) is 38.2. The Kier molecular flexibility index (Phi) is 6.31. The fourth-order valence-electron chi connectivity index (χ4n) is 1.30. The lowest BCUT2D eigenvalue weighted by Crippen LogP contribution is -2.31. The van der Waals surface area contributed by atoms with Crippen LogP contribution in [0.15, 0.2) is 28.6 Å². The predicted molar refractivity (Wildman–Crippen MR) is 70.9 cm³/mol. The highest BCUT2D eigenvalue weighted by Crippen LogP contribution is 2.13. The van der Waals surface area contributed by atoms with Gasteiger partial charge in [0.05, 0.1) is 20.4 Å². The average molecular weight is 304 g/mol. The Morgan fingerprint density at radius 2 is 2.05 bits per heavy atom. The molecule has 9 nitrogen and oxygen atoms in total. The summed E-state index contributed by atoms with van der Waals surface area (Å²) in [7, 11) is 2.20. The zero-order valence-corrected chi connectivity index (χ0v) is 11.8. The molecule has 0 spiro atoms. The predicted octanol–water partition coefficient (Wildman–Crippen LogP) is 0.711. The molecule has 1 atom stereocenters. The Morgan fingerprint density at radius 3 is 2.55 bits per heavy atom. The molecule has 0 aliphatic heterocycles. The summed E-state index contributed by atoms with van der Waals surface area (Å²) in [6.45, 7) is 0. The van der Waals surface area contributed by atoms with E-state index in [1.807, 2.05) is 6.07 Å². The zero-order valence-electron chi connectivity index (χ0n) is 11.8. The fourth-order valence-corrected chi connectivity index (χ4v) is 1.30. The van der Waals surface area contributed by atoms with Gasteiger partial charge in [-0.2, -0.15) is 15.5 Å². The van der Waals surface area contributed by atoms with Gasteiger partial charge in [-0.15, -0.1) is 0 Å². The first kappa shape index (κ1) is 16.9. The van der Waals surface area contributed by atoms with Gasteiger partial charge in [0.15, 0.2) is 5.78 Å². The molecule has 1 aromatic heterocycles. The largest absolute Gasteiger partial charge is 0.469 e. The highest BCUT2D eigenvalue weighted by atomic mass is 16.5. The number of carbonyl (C=O) groups is 3. The highest BCUT2D eigenvalue weighted by Gasteiger charge is 2.29. The van der Waals surface area contributed by atoms with E-state index in [0.29, 0.717) is 0 Å². The molecule has 0 aliphatic carbocycles. The molecule has 114 valence electrons. The second kappa shape index (κ2) is 8.21. The minimum absolute atomic E-state index is 0.185. The molecule has 0 amide bonds.